The number of alkyl halides is 2. The van der Waals surface area contributed by atoms with Gasteiger partial charge < -0.3 is 24.7 Å². The zero-order valence-corrected chi connectivity index (χ0v) is 31.1. The predicted octanol–water partition coefficient (Wildman–Crippen LogP) is 6.60. The van der Waals surface area contributed by atoms with Crippen molar-refractivity contribution in [1.82, 2.24) is 29.4 Å². The van der Waals surface area contributed by atoms with Crippen LogP contribution >= 0.6 is 0 Å². The van der Waals surface area contributed by atoms with Crippen LogP contribution in [0.15, 0.2) is 48.8 Å². The molecule has 0 unspecified atom stereocenters. The molecule has 5 aliphatic rings. The molecule has 0 radical (unpaired) electrons. The summed E-state index contributed by atoms with van der Waals surface area (Å²) in [5.41, 5.74) is 7.00. The van der Waals surface area contributed by atoms with E-state index in [0.29, 0.717) is 47.8 Å². The number of fused-ring (bicyclic) bond motifs is 2. The summed E-state index contributed by atoms with van der Waals surface area (Å²) in [6, 6.07) is 11.7. The van der Waals surface area contributed by atoms with Crippen LogP contribution in [0.25, 0.3) is 11.1 Å². The maximum atomic E-state index is 14.7. The van der Waals surface area contributed by atoms with Crippen LogP contribution in [0.1, 0.15) is 90.7 Å². The number of carboxylic acids is 1. The van der Waals surface area contributed by atoms with Gasteiger partial charge in [-0.25, -0.2) is 13.6 Å². The molecular weight excluding hydrogens is 690 g/mol. The minimum atomic E-state index is -2.64. The van der Waals surface area contributed by atoms with Gasteiger partial charge in [-0.2, -0.15) is 10.2 Å². The lowest BCUT2D eigenvalue weighted by Crippen LogP contribution is -2.54. The molecule has 4 aliphatic heterocycles. The number of piperidine rings is 1. The van der Waals surface area contributed by atoms with Crippen molar-refractivity contribution >= 4 is 29.1 Å². The third-order valence-corrected chi connectivity index (χ3v) is 13.0. The number of carbonyl (C=O) groups is 2. The normalized spacial score (nSPS) is 23.2. The number of carboxylic acid groups (broad SMARTS) is 1. The Morgan fingerprint density at radius 2 is 1.76 bits per heavy atom. The standard InChI is InChI=1S/C41H48F2N8O3/c1-26(52)48-16-11-36-35(24-48)39(50-13-3-4-28-18-33(29-22-44-46(2)23-29)34(38(42)43)19-37(28)50)45-51(36)31-9-14-47(15-10-31)32-20-41(21-32)12-17-49(25-41)30-7-5-27(6-8-30)40(53)54/h5-8,18-19,22-23,31-32,38H,3-4,9-17,20-21,24-25H2,1-2H3,(H,53,54). The summed E-state index contributed by atoms with van der Waals surface area (Å²) >= 11 is 0. The Balaban J connectivity index is 0.927. The fraction of sp³-hybridized carbons (Fsp3) is 0.512. The van der Waals surface area contributed by atoms with E-state index in [-0.39, 0.29) is 17.5 Å². The molecule has 6 heterocycles. The van der Waals surface area contributed by atoms with E-state index in [2.05, 4.69) is 24.5 Å². The van der Waals surface area contributed by atoms with E-state index in [1.54, 1.807) is 49.2 Å². The van der Waals surface area contributed by atoms with E-state index < -0.39 is 12.4 Å². The monoisotopic (exact) mass is 738 g/mol. The molecule has 1 saturated carbocycles. The fourth-order valence-electron chi connectivity index (χ4n) is 10.1. The second-order valence-corrected chi connectivity index (χ2v) is 16.3. The highest BCUT2D eigenvalue weighted by Gasteiger charge is 2.50. The third kappa shape index (κ3) is 6.14. The summed E-state index contributed by atoms with van der Waals surface area (Å²) in [4.78, 5) is 33.0. The highest BCUT2D eigenvalue weighted by atomic mass is 19.3. The lowest BCUT2D eigenvalue weighted by atomic mass is 9.64. The molecular formula is C41H48F2N8O3. The van der Waals surface area contributed by atoms with Gasteiger partial charge in [-0.3, -0.25) is 14.2 Å². The molecule has 11 nitrogen and oxygen atoms in total. The summed E-state index contributed by atoms with van der Waals surface area (Å²) < 4.78 is 33.2. The van der Waals surface area contributed by atoms with E-state index in [9.17, 15) is 23.5 Å². The van der Waals surface area contributed by atoms with Crippen LogP contribution in [-0.4, -0.2) is 91.7 Å². The van der Waals surface area contributed by atoms with Gasteiger partial charge in [-0.05, 0) is 97.9 Å². The molecule has 3 fully saturated rings. The maximum Gasteiger partial charge on any atom is 0.335 e. The number of rotatable bonds is 7. The van der Waals surface area contributed by atoms with Crippen LogP contribution in [0, 0.1) is 5.41 Å². The van der Waals surface area contributed by atoms with Gasteiger partial charge in [0, 0.05) is 106 Å². The smallest absolute Gasteiger partial charge is 0.335 e. The molecule has 2 aromatic carbocycles. The lowest BCUT2D eigenvalue weighted by Gasteiger charge is -2.51. The average Bonchev–Trinajstić information content (AvgIpc) is 3.91. The van der Waals surface area contributed by atoms with Crippen molar-refractivity contribution in [2.45, 2.75) is 83.3 Å². The second-order valence-electron chi connectivity index (χ2n) is 16.3. The zero-order valence-electron chi connectivity index (χ0n) is 31.1. The van der Waals surface area contributed by atoms with Gasteiger partial charge in [0.2, 0.25) is 5.91 Å². The first-order valence-electron chi connectivity index (χ1n) is 19.5. The summed E-state index contributed by atoms with van der Waals surface area (Å²) in [7, 11) is 1.79. The number of likely N-dealkylation sites (tertiary alicyclic amines) is 1. The number of aryl methyl sites for hydroxylation is 2. The molecule has 1 N–H and O–H groups in total. The molecule has 1 aliphatic carbocycles. The van der Waals surface area contributed by atoms with Gasteiger partial charge in [-0.15, -0.1) is 0 Å². The number of benzene rings is 2. The van der Waals surface area contributed by atoms with Crippen LogP contribution in [0.2, 0.25) is 0 Å². The molecule has 1 spiro atoms. The Morgan fingerprint density at radius 1 is 0.981 bits per heavy atom. The highest BCUT2D eigenvalue weighted by molar-refractivity contribution is 5.88. The summed E-state index contributed by atoms with van der Waals surface area (Å²) in [6.45, 7) is 7.47. The topological polar surface area (TPSA) is 103 Å². The number of amides is 1. The van der Waals surface area contributed by atoms with Crippen LogP contribution in [0.5, 0.6) is 0 Å². The number of hydrogen-bond donors (Lipinski definition) is 1. The van der Waals surface area contributed by atoms with Crippen molar-refractivity contribution < 1.29 is 23.5 Å². The Bertz CT molecular complexity index is 2080. The van der Waals surface area contributed by atoms with Crippen molar-refractivity contribution in [3.05, 3.63) is 76.7 Å². The molecule has 2 aromatic heterocycles. The predicted molar refractivity (Wildman–Crippen MR) is 201 cm³/mol. The van der Waals surface area contributed by atoms with Gasteiger partial charge >= 0.3 is 5.97 Å². The van der Waals surface area contributed by atoms with Crippen LogP contribution < -0.4 is 9.80 Å². The van der Waals surface area contributed by atoms with E-state index in [1.165, 1.54) is 25.0 Å². The van der Waals surface area contributed by atoms with E-state index in [4.69, 9.17) is 5.10 Å². The lowest BCUT2D eigenvalue weighted by molar-refractivity contribution is -0.129. The van der Waals surface area contributed by atoms with Crippen LogP contribution in [0.4, 0.5) is 26.0 Å². The zero-order chi connectivity index (χ0) is 37.3. The highest BCUT2D eigenvalue weighted by Crippen LogP contribution is 2.52. The van der Waals surface area contributed by atoms with Gasteiger partial charge in [-0.1, -0.05) is 0 Å². The quantitative estimate of drug-likeness (QED) is 0.226. The minimum Gasteiger partial charge on any atom is -0.478 e. The second kappa shape index (κ2) is 13.5. The maximum absolute atomic E-state index is 14.7. The number of carbonyl (C=O) groups excluding carboxylic acids is 1. The van der Waals surface area contributed by atoms with E-state index in [0.717, 1.165) is 86.6 Å². The number of hydrogen-bond acceptors (Lipinski definition) is 7. The van der Waals surface area contributed by atoms with Gasteiger partial charge in [0.05, 0.1) is 24.3 Å². The first-order chi connectivity index (χ1) is 26.1. The minimum absolute atomic E-state index is 0.00262. The van der Waals surface area contributed by atoms with Crippen LogP contribution in [-0.2, 0) is 31.2 Å². The molecule has 0 atom stereocenters. The van der Waals surface area contributed by atoms with Crippen molar-refractivity contribution in [3.63, 3.8) is 0 Å². The molecule has 1 amide bonds. The van der Waals surface area contributed by atoms with Crippen LogP contribution in [0.3, 0.4) is 0 Å². The molecule has 0 bridgehead atoms. The Labute approximate surface area is 314 Å². The number of aromatic carboxylic acids is 1. The average molecular weight is 739 g/mol. The SMILES string of the molecule is CC(=O)N1CCc2c(c(N3CCCc4cc(-c5cnn(C)c5)c(C(F)F)cc43)nn2C2CCN(C3CC4(CCN(c5ccc(C(=O)O)cc5)C4)C3)CC2)C1. The van der Waals surface area contributed by atoms with Crippen molar-refractivity contribution in [3.8, 4) is 11.1 Å². The number of nitrogens with zero attached hydrogens (tertiary/aromatic N) is 8. The Hall–Kier alpha value is -4.78. The molecule has 9 rings (SSSR count). The number of aromatic nitrogens is 4. The molecule has 13 heteroatoms. The van der Waals surface area contributed by atoms with Gasteiger partial charge in [0.1, 0.15) is 0 Å². The molecule has 4 aromatic rings. The first-order valence-corrected chi connectivity index (χ1v) is 19.5. The Morgan fingerprint density at radius 3 is 2.44 bits per heavy atom. The van der Waals surface area contributed by atoms with Gasteiger partial charge in [0.25, 0.3) is 6.43 Å². The fourth-order valence-corrected chi connectivity index (χ4v) is 10.1. The summed E-state index contributed by atoms with van der Waals surface area (Å²) in [5.74, 6) is -0.0577. The van der Waals surface area contributed by atoms with Gasteiger partial charge in [0.15, 0.2) is 5.82 Å². The number of halogens is 2. The van der Waals surface area contributed by atoms with Crippen molar-refractivity contribution in [1.29, 1.82) is 0 Å². The Kier molecular flexibility index (Phi) is 8.74. The molecule has 2 saturated heterocycles. The van der Waals surface area contributed by atoms with E-state index >= 15 is 0 Å². The van der Waals surface area contributed by atoms with Crippen molar-refractivity contribution in [2.24, 2.45) is 12.5 Å². The summed E-state index contributed by atoms with van der Waals surface area (Å²) in [5, 5.41) is 18.9. The summed E-state index contributed by atoms with van der Waals surface area (Å²) in [6.07, 6.45) is 8.74. The third-order valence-electron chi connectivity index (χ3n) is 13.0. The largest absolute Gasteiger partial charge is 0.478 e. The molecule has 54 heavy (non-hydrogen) atoms. The first kappa shape index (κ1) is 35.0. The molecule has 284 valence electrons. The van der Waals surface area contributed by atoms with E-state index in [1.807, 2.05) is 23.1 Å². The number of anilines is 3. The van der Waals surface area contributed by atoms with Crippen molar-refractivity contribution in [2.75, 3.05) is 49.1 Å².